The highest BCUT2D eigenvalue weighted by molar-refractivity contribution is 6.00. The van der Waals surface area contributed by atoms with Crippen LogP contribution >= 0.6 is 0 Å². The first-order chi connectivity index (χ1) is 10.3. The fourth-order valence-corrected chi connectivity index (χ4v) is 2.40. The number of ether oxygens (including phenoxy) is 1. The Balaban J connectivity index is 2.19. The van der Waals surface area contributed by atoms with Gasteiger partial charge in [-0.2, -0.15) is 0 Å². The Morgan fingerprint density at radius 1 is 1.00 bits per heavy atom. The van der Waals surface area contributed by atoms with E-state index in [4.69, 9.17) is 4.74 Å². The molecule has 1 heterocycles. The van der Waals surface area contributed by atoms with Gasteiger partial charge in [0.05, 0.1) is 6.61 Å². The van der Waals surface area contributed by atoms with E-state index in [1.165, 1.54) is 0 Å². The maximum Gasteiger partial charge on any atom is 0.156 e. The molecule has 4 heteroatoms. The molecule has 0 bridgehead atoms. The lowest BCUT2D eigenvalue weighted by Crippen LogP contribution is -1.98. The second kappa shape index (κ2) is 5.79. The summed E-state index contributed by atoms with van der Waals surface area (Å²) in [6.45, 7) is 2.62. The van der Waals surface area contributed by atoms with Crippen LogP contribution in [0, 0.1) is 0 Å². The highest BCUT2D eigenvalue weighted by Crippen LogP contribution is 2.30. The zero-order valence-corrected chi connectivity index (χ0v) is 12.1. The van der Waals surface area contributed by atoms with E-state index < -0.39 is 0 Å². The van der Waals surface area contributed by atoms with Crippen LogP contribution in [0.25, 0.3) is 22.0 Å². The molecule has 21 heavy (non-hydrogen) atoms. The van der Waals surface area contributed by atoms with Crippen LogP contribution in [0.1, 0.15) is 6.92 Å². The molecular formula is C17H17N3O. The topological polar surface area (TPSA) is 47.0 Å². The Kier molecular flexibility index (Phi) is 3.69. The Hall–Kier alpha value is -2.62. The van der Waals surface area contributed by atoms with Gasteiger partial charge in [0, 0.05) is 23.4 Å². The van der Waals surface area contributed by atoms with E-state index in [9.17, 15) is 0 Å². The van der Waals surface area contributed by atoms with Crippen LogP contribution in [-0.4, -0.2) is 23.9 Å². The largest absolute Gasteiger partial charge is 0.494 e. The summed E-state index contributed by atoms with van der Waals surface area (Å²) in [7, 11) is 1.85. The van der Waals surface area contributed by atoms with E-state index in [-0.39, 0.29) is 0 Å². The molecule has 1 N–H and O–H groups in total. The third kappa shape index (κ3) is 2.52. The van der Waals surface area contributed by atoms with Crippen LogP contribution < -0.4 is 10.1 Å². The van der Waals surface area contributed by atoms with Gasteiger partial charge >= 0.3 is 0 Å². The molecule has 0 saturated heterocycles. The lowest BCUT2D eigenvalue weighted by Gasteiger charge is -2.10. The zero-order chi connectivity index (χ0) is 14.7. The van der Waals surface area contributed by atoms with E-state index in [0.717, 1.165) is 33.6 Å². The summed E-state index contributed by atoms with van der Waals surface area (Å²) in [5.74, 6) is 1.63. The normalized spacial score (nSPS) is 10.6. The summed E-state index contributed by atoms with van der Waals surface area (Å²) < 4.78 is 5.56. The molecule has 4 nitrogen and oxygen atoms in total. The monoisotopic (exact) mass is 279 g/mol. The number of nitrogens with one attached hydrogen (secondary N) is 1. The second-order valence-electron chi connectivity index (χ2n) is 4.65. The van der Waals surface area contributed by atoms with Gasteiger partial charge in [-0.1, -0.05) is 36.4 Å². The van der Waals surface area contributed by atoms with Gasteiger partial charge in [0.1, 0.15) is 11.4 Å². The smallest absolute Gasteiger partial charge is 0.156 e. The molecule has 0 radical (unpaired) electrons. The summed E-state index contributed by atoms with van der Waals surface area (Å²) >= 11 is 0. The zero-order valence-electron chi connectivity index (χ0n) is 12.1. The predicted molar refractivity (Wildman–Crippen MR) is 85.7 cm³/mol. The number of anilines is 1. The van der Waals surface area contributed by atoms with Gasteiger partial charge < -0.3 is 10.1 Å². The number of nitrogens with zero attached hydrogens (tertiary/aromatic N) is 2. The highest BCUT2D eigenvalue weighted by Gasteiger charge is 2.10. The lowest BCUT2D eigenvalue weighted by atomic mass is 10.0. The van der Waals surface area contributed by atoms with Crippen LogP contribution in [0.4, 0.5) is 5.82 Å². The van der Waals surface area contributed by atoms with Gasteiger partial charge in [-0.15, -0.1) is 10.2 Å². The van der Waals surface area contributed by atoms with Crippen molar-refractivity contribution in [3.05, 3.63) is 48.5 Å². The Morgan fingerprint density at radius 3 is 2.57 bits per heavy atom. The molecule has 2 aromatic carbocycles. The molecule has 3 aromatic rings. The molecule has 0 aliphatic heterocycles. The van der Waals surface area contributed by atoms with E-state index in [1.54, 1.807) is 0 Å². The van der Waals surface area contributed by atoms with Crippen molar-refractivity contribution < 1.29 is 4.74 Å². The van der Waals surface area contributed by atoms with Crippen molar-refractivity contribution in [3.63, 3.8) is 0 Å². The number of benzene rings is 2. The first-order valence-electron chi connectivity index (χ1n) is 7.00. The highest BCUT2D eigenvalue weighted by atomic mass is 16.5. The summed E-state index contributed by atoms with van der Waals surface area (Å²) in [5, 5.41) is 13.9. The van der Waals surface area contributed by atoms with Gasteiger partial charge in [0.25, 0.3) is 0 Å². The van der Waals surface area contributed by atoms with Crippen LogP contribution in [0.15, 0.2) is 48.5 Å². The van der Waals surface area contributed by atoms with E-state index >= 15 is 0 Å². The summed E-state index contributed by atoms with van der Waals surface area (Å²) in [6.07, 6.45) is 0. The fourth-order valence-electron chi connectivity index (χ4n) is 2.40. The molecule has 0 atom stereocenters. The summed E-state index contributed by atoms with van der Waals surface area (Å²) in [4.78, 5) is 0. The number of aromatic nitrogens is 2. The fraction of sp³-hybridized carbons (Fsp3) is 0.176. The molecule has 0 fully saturated rings. The molecule has 3 rings (SSSR count). The van der Waals surface area contributed by atoms with E-state index in [0.29, 0.717) is 6.61 Å². The summed E-state index contributed by atoms with van der Waals surface area (Å²) in [5.41, 5.74) is 1.87. The molecule has 0 amide bonds. The van der Waals surface area contributed by atoms with Crippen molar-refractivity contribution in [2.45, 2.75) is 6.92 Å². The van der Waals surface area contributed by atoms with Crippen molar-refractivity contribution in [2.75, 3.05) is 19.0 Å². The average molecular weight is 279 g/mol. The first kappa shape index (κ1) is 13.4. The van der Waals surface area contributed by atoms with Gasteiger partial charge in [0.2, 0.25) is 0 Å². The van der Waals surface area contributed by atoms with Crippen LogP contribution in [0.3, 0.4) is 0 Å². The second-order valence-corrected chi connectivity index (χ2v) is 4.65. The molecule has 0 spiro atoms. The first-order valence-corrected chi connectivity index (χ1v) is 7.00. The Bertz CT molecular complexity index is 771. The van der Waals surface area contributed by atoms with Gasteiger partial charge in [-0.05, 0) is 19.1 Å². The number of hydrogen-bond acceptors (Lipinski definition) is 4. The van der Waals surface area contributed by atoms with E-state index in [1.807, 2.05) is 56.4 Å². The molecule has 106 valence electrons. The number of fused-ring (bicyclic) bond motifs is 1. The van der Waals surface area contributed by atoms with Crippen LogP contribution in [0.5, 0.6) is 5.75 Å². The van der Waals surface area contributed by atoms with Crippen molar-refractivity contribution in [1.29, 1.82) is 0 Å². The summed E-state index contributed by atoms with van der Waals surface area (Å²) in [6, 6.07) is 16.1. The van der Waals surface area contributed by atoms with Gasteiger partial charge in [-0.3, -0.25) is 0 Å². The average Bonchev–Trinajstić information content (AvgIpc) is 2.54. The van der Waals surface area contributed by atoms with Crippen molar-refractivity contribution in [2.24, 2.45) is 0 Å². The maximum atomic E-state index is 5.56. The van der Waals surface area contributed by atoms with E-state index in [2.05, 4.69) is 21.6 Å². The molecule has 0 aliphatic rings. The third-order valence-electron chi connectivity index (χ3n) is 3.34. The molecular weight excluding hydrogens is 262 g/mol. The maximum absolute atomic E-state index is 5.56. The number of rotatable bonds is 4. The lowest BCUT2D eigenvalue weighted by molar-refractivity contribution is 0.340. The van der Waals surface area contributed by atoms with Crippen molar-refractivity contribution in [3.8, 4) is 17.0 Å². The standard InChI is InChI=1S/C17H17N3O/c1-3-21-13-8-6-7-12(11-13)16-14-9-4-5-10-15(14)17(18-2)20-19-16/h4-11H,3H2,1-2H3,(H,18,20). The molecule has 0 unspecified atom stereocenters. The molecule has 0 aliphatic carbocycles. The van der Waals surface area contributed by atoms with Crippen LogP contribution in [0.2, 0.25) is 0 Å². The predicted octanol–water partition coefficient (Wildman–Crippen LogP) is 3.74. The van der Waals surface area contributed by atoms with Crippen LogP contribution in [-0.2, 0) is 0 Å². The number of hydrogen-bond donors (Lipinski definition) is 1. The van der Waals surface area contributed by atoms with Crippen molar-refractivity contribution in [1.82, 2.24) is 10.2 Å². The Morgan fingerprint density at radius 2 is 1.81 bits per heavy atom. The van der Waals surface area contributed by atoms with Gasteiger partial charge in [-0.25, -0.2) is 0 Å². The minimum absolute atomic E-state index is 0.647. The van der Waals surface area contributed by atoms with Gasteiger partial charge in [0.15, 0.2) is 5.82 Å². The Labute approximate surface area is 123 Å². The minimum Gasteiger partial charge on any atom is -0.494 e. The molecule has 1 aromatic heterocycles. The quantitative estimate of drug-likeness (QED) is 0.790. The third-order valence-corrected chi connectivity index (χ3v) is 3.34. The van der Waals surface area contributed by atoms with Crippen molar-refractivity contribution >= 4 is 16.6 Å². The SMILES string of the molecule is CCOc1cccc(-c2nnc(NC)c3ccccc23)c1. The molecule has 0 saturated carbocycles. The minimum atomic E-state index is 0.647.